The van der Waals surface area contributed by atoms with Crippen LogP contribution in [0.2, 0.25) is 0 Å². The van der Waals surface area contributed by atoms with Gasteiger partial charge in [-0.15, -0.1) is 0 Å². The van der Waals surface area contributed by atoms with Crippen LogP contribution in [-0.4, -0.2) is 19.5 Å². The van der Waals surface area contributed by atoms with Crippen molar-refractivity contribution in [1.82, 2.24) is 19.5 Å². The van der Waals surface area contributed by atoms with Crippen molar-refractivity contribution in [3.05, 3.63) is 199 Å². The van der Waals surface area contributed by atoms with E-state index in [-0.39, 0.29) is 0 Å². The van der Waals surface area contributed by atoms with E-state index in [1.54, 1.807) is 0 Å². The summed E-state index contributed by atoms with van der Waals surface area (Å²) in [5.74, 6) is 1.73. The third-order valence-electron chi connectivity index (χ3n) is 11.4. The van der Waals surface area contributed by atoms with Gasteiger partial charge in [-0.3, -0.25) is 4.90 Å². The van der Waals surface area contributed by atoms with Gasteiger partial charge < -0.3 is 8.98 Å². The molecule has 12 rings (SSSR count). The second kappa shape index (κ2) is 13.3. The monoisotopic (exact) mass is 755 g/mol. The van der Waals surface area contributed by atoms with Gasteiger partial charge in [0, 0.05) is 49.5 Å². The predicted octanol–water partition coefficient (Wildman–Crippen LogP) is 13.8. The van der Waals surface area contributed by atoms with Crippen molar-refractivity contribution in [2.24, 2.45) is 0 Å². The number of anilines is 3. The Balaban J connectivity index is 1.13. The zero-order chi connectivity index (χ0) is 38.9. The average Bonchev–Trinajstić information content (AvgIpc) is 3.79. The molecule has 0 spiro atoms. The van der Waals surface area contributed by atoms with Gasteiger partial charge in [0.25, 0.3) is 0 Å². The third kappa shape index (κ3) is 5.38. The molecule has 4 heterocycles. The minimum absolute atomic E-state index is 0.530. The molecule has 0 N–H and O–H groups in total. The number of aromatic nitrogens is 4. The van der Waals surface area contributed by atoms with Crippen LogP contribution in [0.15, 0.2) is 192 Å². The molecule has 0 fully saturated rings. The molecule has 8 aromatic carbocycles. The summed E-state index contributed by atoms with van der Waals surface area (Å²) in [6.45, 7) is 0. The Morgan fingerprint density at radius 1 is 0.407 bits per heavy atom. The van der Waals surface area contributed by atoms with Crippen LogP contribution >= 0.6 is 0 Å². The largest absolute Gasteiger partial charge is 0.455 e. The van der Waals surface area contributed by atoms with Gasteiger partial charge in [-0.1, -0.05) is 152 Å². The summed E-state index contributed by atoms with van der Waals surface area (Å²) in [4.78, 5) is 17.8. The molecule has 11 aromatic rings. The van der Waals surface area contributed by atoms with Crippen LogP contribution < -0.4 is 4.90 Å². The Labute approximate surface area is 339 Å². The molecule has 0 radical (unpaired) electrons. The maximum atomic E-state index is 6.52. The SMILES string of the molecule is C1=Cc2cc3c(cc2N(c2nc(-c4ccccc4)nc(-c4ccccc4)n2)c2ccc(-c4cccc5c4oc4ccccc45)cc21)c1ccccc1n3-c1ccccc1. The summed E-state index contributed by atoms with van der Waals surface area (Å²) in [5.41, 5.74) is 13.0. The fraction of sp³-hybridized carbons (Fsp3) is 0. The normalized spacial score (nSPS) is 12.3. The van der Waals surface area contributed by atoms with E-state index in [0.29, 0.717) is 17.6 Å². The van der Waals surface area contributed by atoms with Crippen molar-refractivity contribution in [2.75, 3.05) is 4.90 Å². The van der Waals surface area contributed by atoms with Crippen LogP contribution in [0.5, 0.6) is 0 Å². The minimum Gasteiger partial charge on any atom is -0.455 e. The highest BCUT2D eigenvalue weighted by Gasteiger charge is 2.27. The van der Waals surface area contributed by atoms with Crippen molar-refractivity contribution in [3.63, 3.8) is 0 Å². The Kier molecular flexibility index (Phi) is 7.43. The molecule has 6 nitrogen and oxygen atoms in total. The van der Waals surface area contributed by atoms with E-state index in [2.05, 4.69) is 137 Å². The number of fused-ring (bicyclic) bond motifs is 8. The van der Waals surface area contributed by atoms with E-state index < -0.39 is 0 Å². The van der Waals surface area contributed by atoms with Gasteiger partial charge in [0.05, 0.1) is 22.4 Å². The smallest absolute Gasteiger partial charge is 0.238 e. The molecule has 0 atom stereocenters. The highest BCUT2D eigenvalue weighted by atomic mass is 16.3. The van der Waals surface area contributed by atoms with E-state index in [4.69, 9.17) is 19.4 Å². The fourth-order valence-electron chi connectivity index (χ4n) is 8.66. The first-order valence-corrected chi connectivity index (χ1v) is 19.8. The van der Waals surface area contributed by atoms with E-state index in [9.17, 15) is 0 Å². The molecule has 0 unspecified atom stereocenters. The van der Waals surface area contributed by atoms with Gasteiger partial charge in [-0.25, -0.2) is 4.98 Å². The van der Waals surface area contributed by atoms with Gasteiger partial charge in [0.1, 0.15) is 11.2 Å². The highest BCUT2D eigenvalue weighted by Crippen LogP contribution is 2.46. The van der Waals surface area contributed by atoms with Crippen LogP contribution in [0.4, 0.5) is 17.3 Å². The lowest BCUT2D eigenvalue weighted by Crippen LogP contribution is -2.16. The van der Waals surface area contributed by atoms with Crippen LogP contribution in [0.3, 0.4) is 0 Å². The average molecular weight is 756 g/mol. The number of furan rings is 1. The van der Waals surface area contributed by atoms with Crippen LogP contribution in [-0.2, 0) is 0 Å². The molecular weight excluding hydrogens is 723 g/mol. The second-order valence-electron chi connectivity index (χ2n) is 14.9. The van der Waals surface area contributed by atoms with E-state index in [1.807, 2.05) is 72.8 Å². The van der Waals surface area contributed by atoms with Crippen molar-refractivity contribution >= 4 is 73.2 Å². The lowest BCUT2D eigenvalue weighted by Gasteiger charge is -2.26. The molecule has 3 aromatic heterocycles. The lowest BCUT2D eigenvalue weighted by atomic mass is 9.99. The summed E-state index contributed by atoms with van der Waals surface area (Å²) < 4.78 is 8.88. The Morgan fingerprint density at radius 3 is 1.78 bits per heavy atom. The standard InChI is InChI=1S/C53H33N5O/c1-4-15-34(16-5-1)51-54-52(35-17-6-2-7-18-35)56-53(55-51)58-45-30-29-36(40-23-14-24-43-42-22-11-13-26-49(42)59-50(40)43)31-37(45)27-28-38-32-48-44(33-47(38)58)41-21-10-12-25-46(41)57(48)39-19-8-3-9-20-39/h1-33H. The van der Waals surface area contributed by atoms with Gasteiger partial charge in [-0.05, 0) is 59.7 Å². The molecule has 0 bridgehead atoms. The number of hydrogen-bond donors (Lipinski definition) is 0. The second-order valence-corrected chi connectivity index (χ2v) is 14.9. The van der Waals surface area contributed by atoms with Gasteiger partial charge in [0.15, 0.2) is 11.6 Å². The maximum absolute atomic E-state index is 6.52. The summed E-state index contributed by atoms with van der Waals surface area (Å²) in [7, 11) is 0. The van der Waals surface area contributed by atoms with E-state index in [1.165, 1.54) is 5.39 Å². The summed E-state index contributed by atoms with van der Waals surface area (Å²) in [6, 6.07) is 65.4. The molecular formula is C53H33N5O. The van der Waals surface area contributed by atoms with E-state index in [0.717, 1.165) is 88.8 Å². The molecule has 0 aliphatic carbocycles. The number of rotatable bonds is 5. The first kappa shape index (κ1) is 33.1. The zero-order valence-corrected chi connectivity index (χ0v) is 31.7. The molecule has 59 heavy (non-hydrogen) atoms. The molecule has 1 aliphatic rings. The third-order valence-corrected chi connectivity index (χ3v) is 11.4. The molecule has 6 heteroatoms. The van der Waals surface area contributed by atoms with E-state index >= 15 is 0 Å². The van der Waals surface area contributed by atoms with Crippen LogP contribution in [0, 0.1) is 0 Å². The minimum atomic E-state index is 0.530. The van der Waals surface area contributed by atoms with Crippen molar-refractivity contribution in [1.29, 1.82) is 0 Å². The Morgan fingerprint density at radius 2 is 1.03 bits per heavy atom. The Hall–Kier alpha value is -8.09. The zero-order valence-electron chi connectivity index (χ0n) is 31.7. The van der Waals surface area contributed by atoms with Crippen molar-refractivity contribution in [2.45, 2.75) is 0 Å². The molecule has 0 amide bonds. The summed E-state index contributed by atoms with van der Waals surface area (Å²) in [6.07, 6.45) is 4.44. The molecule has 276 valence electrons. The summed E-state index contributed by atoms with van der Waals surface area (Å²) >= 11 is 0. The predicted molar refractivity (Wildman–Crippen MR) is 241 cm³/mol. The van der Waals surface area contributed by atoms with Gasteiger partial charge in [-0.2, -0.15) is 9.97 Å². The topological polar surface area (TPSA) is 60.0 Å². The number of nitrogens with zero attached hydrogens (tertiary/aromatic N) is 5. The van der Waals surface area contributed by atoms with Crippen molar-refractivity contribution in [3.8, 4) is 39.6 Å². The first-order chi connectivity index (χ1) is 29.2. The van der Waals surface area contributed by atoms with Crippen LogP contribution in [0.1, 0.15) is 11.1 Å². The molecule has 0 saturated carbocycles. The molecule has 1 aliphatic heterocycles. The summed E-state index contributed by atoms with van der Waals surface area (Å²) in [5, 5.41) is 4.52. The van der Waals surface area contributed by atoms with Gasteiger partial charge >= 0.3 is 0 Å². The Bertz CT molecular complexity index is 3380. The number of hydrogen-bond acceptors (Lipinski definition) is 5. The lowest BCUT2D eigenvalue weighted by molar-refractivity contribution is 0.670. The van der Waals surface area contributed by atoms with Crippen LogP contribution in [0.25, 0.3) is 95.5 Å². The first-order valence-electron chi connectivity index (χ1n) is 19.8. The highest BCUT2D eigenvalue weighted by molar-refractivity contribution is 6.13. The quantitative estimate of drug-likeness (QED) is 0.175. The number of benzene rings is 8. The fourth-order valence-corrected chi connectivity index (χ4v) is 8.66. The van der Waals surface area contributed by atoms with Gasteiger partial charge in [0.2, 0.25) is 5.95 Å². The molecule has 0 saturated heterocycles. The number of para-hydroxylation sites is 4. The maximum Gasteiger partial charge on any atom is 0.238 e. The van der Waals surface area contributed by atoms with Crippen molar-refractivity contribution < 1.29 is 4.42 Å².